The van der Waals surface area contributed by atoms with Crippen molar-refractivity contribution in [3.63, 3.8) is 0 Å². The minimum absolute atomic E-state index is 0.0727. The molecule has 196 valence electrons. The molecule has 37 heavy (non-hydrogen) atoms. The number of likely N-dealkylation sites (N-methyl/N-ethyl adjacent to an activating group) is 1. The first-order chi connectivity index (χ1) is 17.9. The van der Waals surface area contributed by atoms with Crippen LogP contribution in [0.4, 0.5) is 26.7 Å². The summed E-state index contributed by atoms with van der Waals surface area (Å²) in [4.78, 5) is 40.5. The molecular formula is C27H34N6O4. The van der Waals surface area contributed by atoms with E-state index < -0.39 is 6.04 Å². The summed E-state index contributed by atoms with van der Waals surface area (Å²) in [6.07, 6.45) is 5.82. The van der Waals surface area contributed by atoms with Crippen molar-refractivity contribution in [2.45, 2.75) is 50.3 Å². The fraction of sp³-hybridized carbons (Fsp3) is 0.444. The van der Waals surface area contributed by atoms with Gasteiger partial charge < -0.3 is 35.8 Å². The molecule has 1 aliphatic carbocycles. The number of urea groups is 2. The van der Waals surface area contributed by atoms with E-state index in [1.165, 1.54) is 12.8 Å². The molecule has 5 amide bonds. The van der Waals surface area contributed by atoms with Crippen LogP contribution in [-0.4, -0.2) is 67.7 Å². The monoisotopic (exact) mass is 506 g/mol. The third kappa shape index (κ3) is 6.07. The smallest absolute Gasteiger partial charge is 0.323 e. The summed E-state index contributed by atoms with van der Waals surface area (Å²) in [6.45, 7) is 1.86. The molecule has 2 aromatic rings. The van der Waals surface area contributed by atoms with Gasteiger partial charge in [-0.2, -0.15) is 0 Å². The van der Waals surface area contributed by atoms with Gasteiger partial charge in [0.05, 0.1) is 12.1 Å². The molecule has 2 aliphatic heterocycles. The number of nitrogens with zero attached hydrogens (tertiary/aromatic N) is 2. The molecule has 0 bridgehead atoms. The molecule has 2 heterocycles. The zero-order valence-electron chi connectivity index (χ0n) is 21.0. The van der Waals surface area contributed by atoms with Crippen LogP contribution in [0.3, 0.4) is 0 Å². The molecule has 2 atom stereocenters. The average Bonchev–Trinajstić information content (AvgIpc) is 3.67. The molecule has 0 spiro atoms. The number of nitrogens with one attached hydrogen (secondary N) is 4. The van der Waals surface area contributed by atoms with Gasteiger partial charge >= 0.3 is 12.1 Å². The van der Waals surface area contributed by atoms with Crippen LogP contribution in [0.25, 0.3) is 0 Å². The summed E-state index contributed by atoms with van der Waals surface area (Å²) < 4.78 is 5.97. The molecule has 2 aromatic carbocycles. The van der Waals surface area contributed by atoms with E-state index in [0.717, 1.165) is 37.2 Å². The van der Waals surface area contributed by atoms with E-state index in [1.54, 1.807) is 11.9 Å². The number of hydrogen-bond donors (Lipinski definition) is 4. The minimum Gasteiger partial charge on any atom is -0.490 e. The van der Waals surface area contributed by atoms with E-state index in [0.29, 0.717) is 30.6 Å². The van der Waals surface area contributed by atoms with E-state index in [4.69, 9.17) is 4.74 Å². The third-order valence-corrected chi connectivity index (χ3v) is 7.34. The highest BCUT2D eigenvalue weighted by Gasteiger charge is 2.34. The molecule has 4 N–H and O–H groups in total. The maximum absolute atomic E-state index is 12.7. The van der Waals surface area contributed by atoms with Gasteiger partial charge in [0.25, 0.3) is 0 Å². The highest BCUT2D eigenvalue weighted by atomic mass is 16.5. The lowest BCUT2D eigenvalue weighted by atomic mass is 10.2. The summed E-state index contributed by atoms with van der Waals surface area (Å²) in [5.41, 5.74) is 2.42. The summed E-state index contributed by atoms with van der Waals surface area (Å²) in [7, 11) is 1.79. The van der Waals surface area contributed by atoms with Crippen molar-refractivity contribution in [3.05, 3.63) is 48.5 Å². The van der Waals surface area contributed by atoms with Crippen molar-refractivity contribution in [1.29, 1.82) is 0 Å². The fourth-order valence-electron chi connectivity index (χ4n) is 5.19. The highest BCUT2D eigenvalue weighted by Crippen LogP contribution is 2.26. The molecule has 10 heteroatoms. The summed E-state index contributed by atoms with van der Waals surface area (Å²) >= 11 is 0. The van der Waals surface area contributed by atoms with Crippen LogP contribution in [0.2, 0.25) is 0 Å². The Kier molecular flexibility index (Phi) is 7.34. The summed E-state index contributed by atoms with van der Waals surface area (Å²) in [5, 5.41) is 11.0. The Balaban J connectivity index is 1.09. The molecule has 1 saturated carbocycles. The highest BCUT2D eigenvalue weighted by molar-refractivity contribution is 5.99. The average molecular weight is 507 g/mol. The topological polar surface area (TPSA) is 115 Å². The number of carbonyl (C=O) groups is 3. The zero-order chi connectivity index (χ0) is 25.8. The molecule has 0 aromatic heterocycles. The Hall–Kier alpha value is -3.95. The Morgan fingerprint density at radius 2 is 1.62 bits per heavy atom. The maximum atomic E-state index is 12.7. The van der Waals surface area contributed by atoms with E-state index >= 15 is 0 Å². The molecule has 2 unspecified atom stereocenters. The molecule has 0 radical (unpaired) electrons. The lowest BCUT2D eigenvalue weighted by Gasteiger charge is -2.27. The van der Waals surface area contributed by atoms with Gasteiger partial charge in [0.2, 0.25) is 5.91 Å². The van der Waals surface area contributed by atoms with Crippen molar-refractivity contribution in [2.24, 2.45) is 0 Å². The molecular weight excluding hydrogens is 472 g/mol. The maximum Gasteiger partial charge on any atom is 0.323 e. The van der Waals surface area contributed by atoms with Crippen LogP contribution in [-0.2, 0) is 4.79 Å². The number of amides is 5. The number of rotatable bonds is 7. The number of hydrogen-bond acceptors (Lipinski definition) is 5. The van der Waals surface area contributed by atoms with Crippen LogP contribution in [0.15, 0.2) is 48.5 Å². The van der Waals surface area contributed by atoms with Crippen LogP contribution in [0.5, 0.6) is 5.75 Å². The third-order valence-electron chi connectivity index (χ3n) is 7.34. The van der Waals surface area contributed by atoms with Gasteiger partial charge in [-0.05, 0) is 80.6 Å². The second-order valence-electron chi connectivity index (χ2n) is 9.92. The molecule has 3 fully saturated rings. The van der Waals surface area contributed by atoms with Crippen molar-refractivity contribution in [2.75, 3.05) is 42.2 Å². The van der Waals surface area contributed by atoms with Gasteiger partial charge in [-0.15, -0.1) is 0 Å². The predicted octanol–water partition coefficient (Wildman–Crippen LogP) is 3.37. The van der Waals surface area contributed by atoms with Crippen molar-refractivity contribution >= 4 is 35.0 Å². The summed E-state index contributed by atoms with van der Waals surface area (Å²) in [5.74, 6) is 0.752. The quantitative estimate of drug-likeness (QED) is 0.460. The van der Waals surface area contributed by atoms with Gasteiger partial charge in [0.1, 0.15) is 11.8 Å². The van der Waals surface area contributed by atoms with E-state index in [1.807, 2.05) is 48.5 Å². The normalized spacial score (nSPS) is 21.3. The molecule has 10 nitrogen and oxygen atoms in total. The predicted molar refractivity (Wildman–Crippen MR) is 142 cm³/mol. The zero-order valence-corrected chi connectivity index (χ0v) is 21.0. The minimum atomic E-state index is -0.508. The number of carbonyl (C=O) groups excluding carboxylic acids is 3. The summed E-state index contributed by atoms with van der Waals surface area (Å²) in [6, 6.07) is 14.1. The first-order valence-corrected chi connectivity index (χ1v) is 13.0. The molecule has 5 rings (SSSR count). The lowest BCUT2D eigenvalue weighted by Crippen LogP contribution is -2.48. The van der Waals surface area contributed by atoms with Gasteiger partial charge in [-0.1, -0.05) is 0 Å². The van der Waals surface area contributed by atoms with Crippen LogP contribution in [0, 0.1) is 0 Å². The van der Waals surface area contributed by atoms with Crippen LogP contribution < -0.4 is 30.9 Å². The van der Waals surface area contributed by atoms with Crippen molar-refractivity contribution in [3.8, 4) is 5.75 Å². The van der Waals surface area contributed by atoms with Gasteiger partial charge in [0.15, 0.2) is 0 Å². The fourth-order valence-corrected chi connectivity index (χ4v) is 5.19. The Morgan fingerprint density at radius 3 is 2.24 bits per heavy atom. The Bertz CT molecular complexity index is 1120. The number of ether oxygens (including phenoxy) is 1. The first-order valence-electron chi connectivity index (χ1n) is 13.0. The van der Waals surface area contributed by atoms with Crippen molar-refractivity contribution in [1.82, 2.24) is 15.5 Å². The lowest BCUT2D eigenvalue weighted by molar-refractivity contribution is -0.133. The number of anilines is 3. The van der Waals surface area contributed by atoms with Crippen LogP contribution >= 0.6 is 0 Å². The largest absolute Gasteiger partial charge is 0.490 e. The van der Waals surface area contributed by atoms with Crippen molar-refractivity contribution < 1.29 is 19.1 Å². The van der Waals surface area contributed by atoms with E-state index in [9.17, 15) is 14.4 Å². The number of benzene rings is 2. The first kappa shape index (κ1) is 24.7. The van der Waals surface area contributed by atoms with E-state index in [-0.39, 0.29) is 24.0 Å². The Morgan fingerprint density at radius 1 is 0.973 bits per heavy atom. The second-order valence-corrected chi connectivity index (χ2v) is 9.92. The Labute approximate surface area is 216 Å². The van der Waals surface area contributed by atoms with Gasteiger partial charge in [0, 0.05) is 43.7 Å². The molecule has 3 aliphatic rings. The van der Waals surface area contributed by atoms with Gasteiger partial charge in [-0.3, -0.25) is 4.79 Å². The van der Waals surface area contributed by atoms with Gasteiger partial charge in [-0.25, -0.2) is 9.59 Å². The molecule has 2 saturated heterocycles. The van der Waals surface area contributed by atoms with Crippen LogP contribution in [0.1, 0.15) is 32.1 Å². The SMILES string of the molecule is CN(C(=O)C1CNC(=O)N1)C1CCN(c2ccc(NC(=O)Nc3ccc(OC4CCCC4)cc3)cc2)C1. The second kappa shape index (κ2) is 11.0. The standard InChI is InChI=1S/C27H34N6O4/c1-32(25(34)24-16-28-26(35)31-24)21-14-15-33(17-21)20-10-6-18(7-11-20)29-27(36)30-19-8-12-23(13-9-19)37-22-4-2-3-5-22/h6-13,21-22,24H,2-5,14-17H2,1H3,(H2,28,31,35)(H2,29,30,36). The van der Waals surface area contributed by atoms with E-state index in [2.05, 4.69) is 26.2 Å².